The van der Waals surface area contributed by atoms with Gasteiger partial charge in [-0.3, -0.25) is 0 Å². The number of phenolic OH excluding ortho intramolecular Hbond substituents is 1. The fourth-order valence-electron chi connectivity index (χ4n) is 5.61. The topological polar surface area (TPSA) is 63.6 Å². The van der Waals surface area contributed by atoms with Crippen molar-refractivity contribution in [2.75, 3.05) is 0 Å². The Hall–Kier alpha value is -2.42. The van der Waals surface area contributed by atoms with E-state index in [0.717, 1.165) is 19.3 Å². The highest BCUT2D eigenvalue weighted by atomic mass is 32.3. The summed E-state index contributed by atoms with van der Waals surface area (Å²) in [6.07, 6.45) is 2.79. The highest BCUT2D eigenvalue weighted by molar-refractivity contribution is 8.33. The van der Waals surface area contributed by atoms with Crippen LogP contribution >= 0.6 is 10.3 Å². The monoisotopic (exact) mass is 518 g/mol. The van der Waals surface area contributed by atoms with E-state index >= 15 is 8.78 Å². The highest BCUT2D eigenvalue weighted by Crippen LogP contribution is 2.71. The summed E-state index contributed by atoms with van der Waals surface area (Å²) in [6, 6.07) is 23.1. The fourth-order valence-corrected chi connectivity index (χ4v) is 10.9. The third-order valence-corrected chi connectivity index (χ3v) is 12.5. The molecular formula is C27H28F2O4S2. The molecule has 2 fully saturated rings. The van der Waals surface area contributed by atoms with Crippen LogP contribution in [-0.4, -0.2) is 18.8 Å². The van der Waals surface area contributed by atoms with Crippen LogP contribution in [0, 0.1) is 17.8 Å². The van der Waals surface area contributed by atoms with Crippen molar-refractivity contribution in [1.82, 2.24) is 0 Å². The first kappa shape index (κ1) is 24.3. The van der Waals surface area contributed by atoms with E-state index in [2.05, 4.69) is 0 Å². The molecule has 3 unspecified atom stereocenters. The van der Waals surface area contributed by atoms with Gasteiger partial charge in [0.15, 0.2) is 0 Å². The van der Waals surface area contributed by atoms with Crippen molar-refractivity contribution >= 4 is 20.4 Å². The number of alkyl halides is 2. The zero-order valence-electron chi connectivity index (χ0n) is 19.1. The van der Waals surface area contributed by atoms with Crippen LogP contribution in [-0.2, 0) is 13.7 Å². The normalized spacial score (nSPS) is 22.9. The van der Waals surface area contributed by atoms with Crippen LogP contribution < -0.4 is 0 Å². The molecule has 3 aromatic rings. The van der Waals surface area contributed by atoms with Crippen LogP contribution in [0.2, 0.25) is 0 Å². The maximum atomic E-state index is 15.6. The van der Waals surface area contributed by atoms with Crippen molar-refractivity contribution in [1.29, 1.82) is 0 Å². The van der Waals surface area contributed by atoms with Crippen LogP contribution in [0.5, 0.6) is 5.75 Å². The number of fused-ring (bicyclic) bond motifs is 2. The number of phenols is 1. The minimum atomic E-state index is -5.34. The van der Waals surface area contributed by atoms with E-state index in [9.17, 15) is 13.5 Å². The van der Waals surface area contributed by atoms with Gasteiger partial charge in [0.25, 0.3) is 0 Å². The van der Waals surface area contributed by atoms with Crippen molar-refractivity contribution in [2.24, 2.45) is 17.8 Å². The maximum absolute atomic E-state index is 15.6. The van der Waals surface area contributed by atoms with E-state index in [1.165, 1.54) is 24.3 Å². The second-order valence-corrected chi connectivity index (χ2v) is 14.1. The smallest absolute Gasteiger partial charge is 0.371 e. The molecule has 0 aromatic heterocycles. The van der Waals surface area contributed by atoms with E-state index in [-0.39, 0.29) is 17.6 Å². The van der Waals surface area contributed by atoms with Crippen LogP contribution in [0.4, 0.5) is 8.78 Å². The Morgan fingerprint density at radius 3 is 1.83 bits per heavy atom. The average Bonchev–Trinajstić information content (AvgIpc) is 3.47. The Labute approximate surface area is 206 Å². The zero-order valence-corrected chi connectivity index (χ0v) is 20.7. The van der Waals surface area contributed by atoms with Gasteiger partial charge in [-0.1, -0.05) is 42.8 Å². The number of rotatable bonds is 8. The number of benzene rings is 3. The van der Waals surface area contributed by atoms with Gasteiger partial charge in [-0.15, -0.1) is 0 Å². The summed E-state index contributed by atoms with van der Waals surface area (Å²) in [5, 5.41) is 5.84. The molecule has 0 amide bonds. The molecule has 35 heavy (non-hydrogen) atoms. The Morgan fingerprint density at radius 1 is 0.800 bits per heavy atom. The van der Waals surface area contributed by atoms with Gasteiger partial charge in [-0.25, -0.2) is 3.63 Å². The van der Waals surface area contributed by atoms with Crippen molar-refractivity contribution in [3.05, 3.63) is 84.9 Å². The molecule has 1 N–H and O–H groups in total. The summed E-state index contributed by atoms with van der Waals surface area (Å²) >= 11 is 0. The fraction of sp³-hybridized carbons (Fsp3) is 0.333. The first-order valence-corrected chi connectivity index (χ1v) is 14.7. The molecule has 3 aromatic carbocycles. The minimum absolute atomic E-state index is 0.0207. The van der Waals surface area contributed by atoms with Gasteiger partial charge in [-0.2, -0.15) is 17.2 Å². The van der Waals surface area contributed by atoms with Crippen molar-refractivity contribution in [3.63, 3.8) is 0 Å². The molecule has 186 valence electrons. The van der Waals surface area contributed by atoms with Crippen LogP contribution in [0.25, 0.3) is 0 Å². The molecule has 3 atom stereocenters. The molecule has 4 nitrogen and oxygen atoms in total. The van der Waals surface area contributed by atoms with Crippen molar-refractivity contribution in [2.45, 2.75) is 52.0 Å². The lowest BCUT2D eigenvalue weighted by atomic mass is 9.86. The third kappa shape index (κ3) is 4.47. The number of halogens is 2. The molecule has 5 rings (SSSR count). The Bertz CT molecular complexity index is 1230. The van der Waals surface area contributed by atoms with E-state index in [1.54, 1.807) is 60.7 Å². The quantitative estimate of drug-likeness (QED) is 0.339. The third-order valence-electron chi connectivity index (χ3n) is 7.26. The molecular weight excluding hydrogens is 490 g/mol. The van der Waals surface area contributed by atoms with E-state index < -0.39 is 32.1 Å². The number of hydrogen-bond acceptors (Lipinski definition) is 4. The molecule has 0 radical (unpaired) electrons. The molecule has 2 aliphatic rings. The second-order valence-electron chi connectivity index (χ2n) is 9.47. The van der Waals surface area contributed by atoms with Gasteiger partial charge in [0.2, 0.25) is 0 Å². The molecule has 2 aliphatic carbocycles. The van der Waals surface area contributed by atoms with Gasteiger partial charge in [0.05, 0.1) is 0 Å². The molecule has 2 bridgehead atoms. The first-order chi connectivity index (χ1) is 16.7. The lowest BCUT2D eigenvalue weighted by molar-refractivity contribution is 0.0441. The Kier molecular flexibility index (Phi) is 6.40. The number of hydrogen-bond donors (Lipinski definition) is 1. The van der Waals surface area contributed by atoms with Crippen LogP contribution in [0.15, 0.2) is 99.6 Å². The summed E-state index contributed by atoms with van der Waals surface area (Å²) in [4.78, 5) is 1.33. The second kappa shape index (κ2) is 9.22. The van der Waals surface area contributed by atoms with E-state index in [0.29, 0.717) is 27.0 Å². The predicted molar refractivity (Wildman–Crippen MR) is 132 cm³/mol. The first-order valence-electron chi connectivity index (χ1n) is 11.8. The van der Waals surface area contributed by atoms with E-state index in [1.807, 2.05) is 0 Å². The maximum Gasteiger partial charge on any atom is 0.371 e. The molecule has 0 heterocycles. The van der Waals surface area contributed by atoms with Crippen molar-refractivity contribution in [3.8, 4) is 5.75 Å². The highest BCUT2D eigenvalue weighted by Gasteiger charge is 2.54. The van der Waals surface area contributed by atoms with Gasteiger partial charge in [0, 0.05) is 21.1 Å². The predicted octanol–water partition coefficient (Wildman–Crippen LogP) is 7.35. The molecule has 0 saturated heterocycles. The summed E-state index contributed by atoms with van der Waals surface area (Å²) in [7, 11) is -8.45. The molecule has 8 heteroatoms. The molecule has 2 saturated carbocycles. The largest absolute Gasteiger partial charge is 0.508 e. The SMILES string of the molecule is O=S(=O)(OS(c1ccccc1)(c1ccccc1)c1ccc(O)cc1)C(F)(F)CC1CC2CCC1C2. The molecule has 0 spiro atoms. The summed E-state index contributed by atoms with van der Waals surface area (Å²) in [5.74, 6) is 0.264. The van der Waals surface area contributed by atoms with Gasteiger partial charge >= 0.3 is 15.4 Å². The van der Waals surface area contributed by atoms with Gasteiger partial charge < -0.3 is 5.11 Å². The standard InChI is InChI=1S/C27H28F2O4S2/c28-27(29,19-22-18-20-11-12-21(22)17-20)35(31,32)33-34(24-7-3-1-4-8-24,25-9-5-2-6-10-25)26-15-13-23(30)14-16-26/h1-10,13-16,20-22,30H,11-12,17-19H2. The zero-order chi connectivity index (χ0) is 24.7. The lowest BCUT2D eigenvalue weighted by Crippen LogP contribution is -2.35. The number of aromatic hydroxyl groups is 1. The van der Waals surface area contributed by atoms with E-state index in [4.69, 9.17) is 3.63 Å². The minimum Gasteiger partial charge on any atom is -0.508 e. The lowest BCUT2D eigenvalue weighted by Gasteiger charge is -2.40. The van der Waals surface area contributed by atoms with Gasteiger partial charge in [0.1, 0.15) is 5.75 Å². The Balaban J connectivity index is 1.62. The van der Waals surface area contributed by atoms with Crippen molar-refractivity contribution < 1.29 is 25.9 Å². The summed E-state index contributed by atoms with van der Waals surface area (Å²) in [5.41, 5.74) is 0. The summed E-state index contributed by atoms with van der Waals surface area (Å²) < 4.78 is 63.9. The summed E-state index contributed by atoms with van der Waals surface area (Å²) in [6.45, 7) is 0. The van der Waals surface area contributed by atoms with Crippen LogP contribution in [0.3, 0.4) is 0 Å². The average molecular weight is 519 g/mol. The Morgan fingerprint density at radius 2 is 1.34 bits per heavy atom. The van der Waals surface area contributed by atoms with Gasteiger partial charge in [-0.05, 0) is 95.9 Å². The van der Waals surface area contributed by atoms with Crippen LogP contribution in [0.1, 0.15) is 32.1 Å². The molecule has 0 aliphatic heterocycles.